The Balaban J connectivity index is 2.11. The third-order valence-electron chi connectivity index (χ3n) is 3.87. The van der Waals surface area contributed by atoms with E-state index < -0.39 is 0 Å². The van der Waals surface area contributed by atoms with Gasteiger partial charge in [-0.2, -0.15) is 0 Å². The summed E-state index contributed by atoms with van der Waals surface area (Å²) in [7, 11) is 1.72. The van der Waals surface area contributed by atoms with E-state index in [-0.39, 0.29) is 17.9 Å². The van der Waals surface area contributed by atoms with E-state index in [1.165, 1.54) is 0 Å². The lowest BCUT2D eigenvalue weighted by atomic mass is 10.0. The van der Waals surface area contributed by atoms with Crippen LogP contribution in [0.25, 0.3) is 0 Å². The van der Waals surface area contributed by atoms with E-state index in [9.17, 15) is 4.79 Å². The second-order valence-electron chi connectivity index (χ2n) is 5.16. The highest BCUT2D eigenvalue weighted by Crippen LogP contribution is 2.24. The molecule has 0 aromatic heterocycles. The van der Waals surface area contributed by atoms with Crippen LogP contribution >= 0.6 is 23.2 Å². The van der Waals surface area contributed by atoms with Gasteiger partial charge in [0.15, 0.2) is 5.78 Å². The van der Waals surface area contributed by atoms with E-state index in [4.69, 9.17) is 27.9 Å². The van der Waals surface area contributed by atoms with Gasteiger partial charge < -0.3 is 4.74 Å². The van der Waals surface area contributed by atoms with Crippen molar-refractivity contribution in [2.45, 2.75) is 31.9 Å². The maximum absolute atomic E-state index is 12.6. The third-order valence-corrected chi connectivity index (χ3v) is 4.41. The van der Waals surface area contributed by atoms with Crippen molar-refractivity contribution in [3.8, 4) is 0 Å². The SMILES string of the molecule is COC1CCCN(C(C)C(=O)c2ccc(Cl)cc2Cl)C1. The smallest absolute Gasteiger partial charge is 0.181 e. The summed E-state index contributed by atoms with van der Waals surface area (Å²) >= 11 is 12.0. The lowest BCUT2D eigenvalue weighted by Gasteiger charge is -2.35. The number of benzene rings is 1. The molecule has 2 atom stereocenters. The van der Waals surface area contributed by atoms with Crippen LogP contribution in [0, 0.1) is 0 Å². The first kappa shape index (κ1) is 15.8. The van der Waals surface area contributed by atoms with Gasteiger partial charge in [-0.15, -0.1) is 0 Å². The summed E-state index contributed by atoms with van der Waals surface area (Å²) in [6.07, 6.45) is 2.31. The summed E-state index contributed by atoms with van der Waals surface area (Å²) in [5, 5.41) is 0.950. The molecule has 0 bridgehead atoms. The Morgan fingerprint density at radius 3 is 2.85 bits per heavy atom. The van der Waals surface area contributed by atoms with E-state index in [1.807, 2.05) is 6.92 Å². The Bertz CT molecular complexity index is 493. The molecule has 2 unspecified atom stereocenters. The highest BCUT2D eigenvalue weighted by atomic mass is 35.5. The number of hydrogen-bond acceptors (Lipinski definition) is 3. The van der Waals surface area contributed by atoms with E-state index in [1.54, 1.807) is 25.3 Å². The zero-order valence-electron chi connectivity index (χ0n) is 11.7. The minimum absolute atomic E-state index is 0.0309. The highest BCUT2D eigenvalue weighted by molar-refractivity contribution is 6.37. The van der Waals surface area contributed by atoms with Crippen LogP contribution in [0.1, 0.15) is 30.1 Å². The molecule has 2 rings (SSSR count). The molecule has 1 aliphatic heterocycles. The van der Waals surface area contributed by atoms with Crippen molar-refractivity contribution >= 4 is 29.0 Å². The van der Waals surface area contributed by atoms with Gasteiger partial charge in [0, 0.05) is 24.2 Å². The molecule has 5 heteroatoms. The van der Waals surface area contributed by atoms with Gasteiger partial charge in [0.05, 0.1) is 17.2 Å². The van der Waals surface area contributed by atoms with Crippen molar-refractivity contribution in [2.75, 3.05) is 20.2 Å². The van der Waals surface area contributed by atoms with E-state index in [0.717, 1.165) is 25.9 Å². The van der Waals surface area contributed by atoms with Gasteiger partial charge in [-0.1, -0.05) is 23.2 Å². The quantitative estimate of drug-likeness (QED) is 0.794. The maximum Gasteiger partial charge on any atom is 0.181 e. The largest absolute Gasteiger partial charge is 0.380 e. The monoisotopic (exact) mass is 315 g/mol. The lowest BCUT2D eigenvalue weighted by Crippen LogP contribution is -2.47. The molecule has 1 aliphatic rings. The molecule has 0 spiro atoms. The Labute approximate surface area is 129 Å². The molecule has 0 N–H and O–H groups in total. The van der Waals surface area contributed by atoms with Crippen molar-refractivity contribution in [1.29, 1.82) is 0 Å². The normalized spacial score (nSPS) is 21.7. The number of nitrogens with zero attached hydrogens (tertiary/aromatic N) is 1. The molecule has 0 aliphatic carbocycles. The molecule has 1 aromatic carbocycles. The molecular weight excluding hydrogens is 297 g/mol. The second-order valence-corrected chi connectivity index (χ2v) is 6.00. The molecule has 0 amide bonds. The van der Waals surface area contributed by atoms with Crippen LogP contribution in [0.4, 0.5) is 0 Å². The zero-order valence-corrected chi connectivity index (χ0v) is 13.2. The van der Waals surface area contributed by atoms with Crippen molar-refractivity contribution in [3.63, 3.8) is 0 Å². The van der Waals surface area contributed by atoms with Crippen LogP contribution in [0.15, 0.2) is 18.2 Å². The average molecular weight is 316 g/mol. The summed E-state index contributed by atoms with van der Waals surface area (Å²) in [6, 6.07) is 4.80. The fourth-order valence-electron chi connectivity index (χ4n) is 2.59. The molecule has 1 fully saturated rings. The molecule has 1 aromatic rings. The van der Waals surface area contributed by atoms with Gasteiger partial charge in [-0.3, -0.25) is 9.69 Å². The van der Waals surface area contributed by atoms with Crippen LogP contribution < -0.4 is 0 Å². The fourth-order valence-corrected chi connectivity index (χ4v) is 3.09. The summed E-state index contributed by atoms with van der Waals surface area (Å²) in [4.78, 5) is 14.7. The number of ketones is 1. The standard InChI is InChI=1S/C15H19Cl2NO2/c1-10(18-7-3-4-12(9-18)20-2)15(19)13-6-5-11(16)8-14(13)17/h5-6,8,10,12H,3-4,7,9H2,1-2H3. The summed E-state index contributed by atoms with van der Waals surface area (Å²) in [5.41, 5.74) is 0.531. The van der Waals surface area contributed by atoms with Crippen molar-refractivity contribution in [1.82, 2.24) is 4.90 Å². The van der Waals surface area contributed by atoms with E-state index in [0.29, 0.717) is 15.6 Å². The first-order chi connectivity index (χ1) is 9.52. The number of hydrogen-bond donors (Lipinski definition) is 0. The highest BCUT2D eigenvalue weighted by Gasteiger charge is 2.28. The molecule has 1 heterocycles. The molecule has 1 saturated heterocycles. The number of ether oxygens (including phenoxy) is 1. The van der Waals surface area contributed by atoms with Crippen LogP contribution in [0.2, 0.25) is 10.0 Å². The van der Waals surface area contributed by atoms with Crippen LogP contribution in [0.5, 0.6) is 0 Å². The van der Waals surface area contributed by atoms with Crippen LogP contribution in [0.3, 0.4) is 0 Å². The topological polar surface area (TPSA) is 29.5 Å². The molecular formula is C15H19Cl2NO2. The van der Waals surface area contributed by atoms with E-state index >= 15 is 0 Å². The molecule has 0 saturated carbocycles. The minimum Gasteiger partial charge on any atom is -0.380 e. The third kappa shape index (κ3) is 3.53. The Morgan fingerprint density at radius 1 is 1.45 bits per heavy atom. The molecule has 3 nitrogen and oxygen atoms in total. The first-order valence-corrected chi connectivity index (χ1v) is 7.54. The Hall–Kier alpha value is -0.610. The van der Waals surface area contributed by atoms with Gasteiger partial charge >= 0.3 is 0 Å². The number of carbonyl (C=O) groups is 1. The molecule has 20 heavy (non-hydrogen) atoms. The van der Waals surface area contributed by atoms with Gasteiger partial charge in [-0.25, -0.2) is 0 Å². The van der Waals surface area contributed by atoms with Crippen molar-refractivity contribution in [3.05, 3.63) is 33.8 Å². The number of halogens is 2. The summed E-state index contributed by atoms with van der Waals surface area (Å²) in [6.45, 7) is 3.62. The lowest BCUT2D eigenvalue weighted by molar-refractivity contribution is 0.0183. The number of likely N-dealkylation sites (tertiary alicyclic amines) is 1. The van der Waals surface area contributed by atoms with Gasteiger partial charge in [0.1, 0.15) is 0 Å². The van der Waals surface area contributed by atoms with E-state index in [2.05, 4.69) is 4.90 Å². The fraction of sp³-hybridized carbons (Fsp3) is 0.533. The van der Waals surface area contributed by atoms with Crippen LogP contribution in [-0.2, 0) is 4.74 Å². The van der Waals surface area contributed by atoms with Gasteiger partial charge in [0.2, 0.25) is 0 Å². The number of rotatable bonds is 4. The molecule has 0 radical (unpaired) electrons. The number of carbonyl (C=O) groups excluding carboxylic acids is 1. The minimum atomic E-state index is -0.202. The number of piperidine rings is 1. The van der Waals surface area contributed by atoms with Gasteiger partial charge in [-0.05, 0) is 44.5 Å². The predicted molar refractivity (Wildman–Crippen MR) is 81.9 cm³/mol. The number of Topliss-reactive ketones (excluding diaryl/α,β-unsaturated/α-hetero) is 1. The van der Waals surface area contributed by atoms with Crippen molar-refractivity contribution in [2.24, 2.45) is 0 Å². The average Bonchev–Trinajstić information content (AvgIpc) is 2.46. The maximum atomic E-state index is 12.6. The van der Waals surface area contributed by atoms with Crippen molar-refractivity contribution < 1.29 is 9.53 Å². The van der Waals surface area contributed by atoms with Crippen LogP contribution in [-0.4, -0.2) is 43.0 Å². The number of methoxy groups -OCH3 is 1. The Morgan fingerprint density at radius 2 is 2.20 bits per heavy atom. The zero-order chi connectivity index (χ0) is 14.7. The molecule has 110 valence electrons. The Kier molecular flexibility index (Phi) is 5.44. The summed E-state index contributed by atoms with van der Waals surface area (Å²) < 4.78 is 5.40. The summed E-state index contributed by atoms with van der Waals surface area (Å²) in [5.74, 6) is 0.0309. The first-order valence-electron chi connectivity index (χ1n) is 6.79. The van der Waals surface area contributed by atoms with Gasteiger partial charge in [0.25, 0.3) is 0 Å². The second kappa shape index (κ2) is 6.90. The predicted octanol–water partition coefficient (Wildman–Crippen LogP) is 3.68.